The van der Waals surface area contributed by atoms with E-state index in [-0.39, 0.29) is 16.6 Å². The van der Waals surface area contributed by atoms with E-state index in [0.717, 1.165) is 10.2 Å². The highest BCUT2D eigenvalue weighted by atomic mass is 35.5. The van der Waals surface area contributed by atoms with Crippen LogP contribution in [0.1, 0.15) is 5.56 Å². The molecule has 27 heavy (non-hydrogen) atoms. The van der Waals surface area contributed by atoms with E-state index in [1.807, 2.05) is 30.3 Å². The van der Waals surface area contributed by atoms with Gasteiger partial charge in [0.15, 0.2) is 0 Å². The van der Waals surface area contributed by atoms with Gasteiger partial charge in [0.2, 0.25) is 5.91 Å². The lowest BCUT2D eigenvalue weighted by Gasteiger charge is -2.09. The second kappa shape index (κ2) is 8.70. The molecule has 3 rings (SSSR count). The zero-order valence-electron chi connectivity index (χ0n) is 14.1. The van der Waals surface area contributed by atoms with Crippen LogP contribution in [0, 0.1) is 0 Å². The summed E-state index contributed by atoms with van der Waals surface area (Å²) < 4.78 is 6.64. The van der Waals surface area contributed by atoms with Crippen LogP contribution < -0.4 is 15.6 Å². The van der Waals surface area contributed by atoms with Gasteiger partial charge in [-0.1, -0.05) is 53.5 Å². The second-order valence-corrected chi connectivity index (χ2v) is 6.40. The Morgan fingerprint density at radius 2 is 1.78 bits per heavy atom. The first kappa shape index (κ1) is 18.9. The van der Waals surface area contributed by atoms with Crippen LogP contribution in [0.5, 0.6) is 5.75 Å². The molecule has 1 aromatic heterocycles. The van der Waals surface area contributed by atoms with Crippen molar-refractivity contribution in [2.45, 2.75) is 13.2 Å². The van der Waals surface area contributed by atoms with Crippen LogP contribution >= 0.6 is 23.2 Å². The Morgan fingerprint density at radius 3 is 2.48 bits per heavy atom. The summed E-state index contributed by atoms with van der Waals surface area (Å²) in [6.45, 7) is 0.181. The third-order valence-corrected chi connectivity index (χ3v) is 4.37. The predicted octanol–water partition coefficient (Wildman–Crippen LogP) is 3.77. The molecule has 1 N–H and O–H groups in total. The van der Waals surface area contributed by atoms with Crippen molar-refractivity contribution in [1.29, 1.82) is 0 Å². The Bertz CT molecular complexity index is 989. The lowest BCUT2D eigenvalue weighted by Crippen LogP contribution is -2.29. The van der Waals surface area contributed by atoms with Gasteiger partial charge in [-0.25, -0.2) is 4.68 Å². The van der Waals surface area contributed by atoms with Gasteiger partial charge in [0.25, 0.3) is 5.56 Å². The van der Waals surface area contributed by atoms with Crippen molar-refractivity contribution >= 4 is 34.8 Å². The minimum atomic E-state index is -0.621. The average Bonchev–Trinajstić information content (AvgIpc) is 2.69. The van der Waals surface area contributed by atoms with Crippen molar-refractivity contribution in [2.24, 2.45) is 0 Å². The summed E-state index contributed by atoms with van der Waals surface area (Å²) in [6.07, 6.45) is 1.22. The lowest BCUT2D eigenvalue weighted by atomic mass is 10.2. The summed E-state index contributed by atoms with van der Waals surface area (Å²) in [5.41, 5.74) is 1.01. The molecule has 1 amide bonds. The molecule has 0 unspecified atom stereocenters. The largest absolute Gasteiger partial charge is 0.489 e. The zero-order chi connectivity index (χ0) is 19.2. The Hall–Kier alpha value is -2.83. The number of rotatable bonds is 6. The van der Waals surface area contributed by atoms with Crippen molar-refractivity contribution in [2.75, 3.05) is 5.32 Å². The number of carbonyl (C=O) groups excluding carboxylic acids is 1. The topological polar surface area (TPSA) is 73.2 Å². The third-order valence-electron chi connectivity index (χ3n) is 3.62. The van der Waals surface area contributed by atoms with E-state index in [0.29, 0.717) is 18.0 Å². The molecule has 6 nitrogen and oxygen atoms in total. The number of halogens is 2. The fraction of sp³-hybridized carbons (Fsp3) is 0.105. The number of ether oxygens (including phenoxy) is 1. The van der Waals surface area contributed by atoms with E-state index < -0.39 is 11.5 Å². The van der Waals surface area contributed by atoms with Gasteiger partial charge < -0.3 is 10.1 Å². The molecule has 0 bridgehead atoms. The van der Waals surface area contributed by atoms with E-state index in [1.165, 1.54) is 6.20 Å². The summed E-state index contributed by atoms with van der Waals surface area (Å²) in [7, 11) is 0. The Kier molecular flexibility index (Phi) is 6.11. The van der Waals surface area contributed by atoms with Crippen LogP contribution in [0.3, 0.4) is 0 Å². The Labute approximate surface area is 165 Å². The molecular formula is C19H15Cl2N3O3. The highest BCUT2D eigenvalue weighted by molar-refractivity contribution is 6.41. The molecule has 3 aromatic rings. The normalized spacial score (nSPS) is 10.4. The number of amides is 1. The summed E-state index contributed by atoms with van der Waals surface area (Å²) in [5, 5.41) is 6.36. The van der Waals surface area contributed by atoms with E-state index >= 15 is 0 Å². The molecule has 0 saturated heterocycles. The second-order valence-electron chi connectivity index (χ2n) is 5.62. The molecule has 8 heteroatoms. The molecule has 0 saturated carbocycles. The van der Waals surface area contributed by atoms with Crippen LogP contribution in [0.15, 0.2) is 65.6 Å². The van der Waals surface area contributed by atoms with Gasteiger partial charge in [-0.05, 0) is 29.8 Å². The Balaban J connectivity index is 1.57. The fourth-order valence-electron chi connectivity index (χ4n) is 2.27. The van der Waals surface area contributed by atoms with Gasteiger partial charge in [-0.15, -0.1) is 0 Å². The zero-order valence-corrected chi connectivity index (χ0v) is 15.6. The summed E-state index contributed by atoms with van der Waals surface area (Å²) >= 11 is 11.5. The minimum Gasteiger partial charge on any atom is -0.489 e. The smallest absolute Gasteiger partial charge is 0.287 e. The van der Waals surface area contributed by atoms with Crippen molar-refractivity contribution in [3.63, 3.8) is 0 Å². The first-order valence-electron chi connectivity index (χ1n) is 8.00. The average molecular weight is 404 g/mol. The van der Waals surface area contributed by atoms with Gasteiger partial charge in [-0.3, -0.25) is 9.59 Å². The Morgan fingerprint density at radius 1 is 1.07 bits per heavy atom. The summed E-state index contributed by atoms with van der Waals surface area (Å²) in [4.78, 5) is 24.0. The molecule has 0 radical (unpaired) electrons. The minimum absolute atomic E-state index is 0.0458. The predicted molar refractivity (Wildman–Crippen MR) is 104 cm³/mol. The molecule has 0 spiro atoms. The van der Waals surface area contributed by atoms with Gasteiger partial charge in [0.05, 0.1) is 11.2 Å². The third kappa shape index (κ3) is 5.09. The van der Waals surface area contributed by atoms with Crippen LogP contribution in [0.4, 0.5) is 5.69 Å². The van der Waals surface area contributed by atoms with E-state index in [1.54, 1.807) is 24.3 Å². The van der Waals surface area contributed by atoms with Crippen molar-refractivity contribution in [1.82, 2.24) is 9.78 Å². The van der Waals surface area contributed by atoms with Crippen LogP contribution in [-0.4, -0.2) is 15.7 Å². The summed E-state index contributed by atoms with van der Waals surface area (Å²) in [6, 6.07) is 16.7. The van der Waals surface area contributed by atoms with Crippen LogP contribution in [-0.2, 0) is 17.9 Å². The maximum absolute atomic E-state index is 12.1. The first-order chi connectivity index (χ1) is 13.0. The van der Waals surface area contributed by atoms with Crippen molar-refractivity contribution in [3.8, 4) is 5.75 Å². The number of nitrogens with zero attached hydrogens (tertiary/aromatic N) is 2. The van der Waals surface area contributed by atoms with Gasteiger partial charge >= 0.3 is 0 Å². The van der Waals surface area contributed by atoms with Crippen LogP contribution in [0.2, 0.25) is 10.0 Å². The van der Waals surface area contributed by atoms with Gasteiger partial charge in [0.1, 0.15) is 23.9 Å². The molecule has 2 aromatic carbocycles. The highest BCUT2D eigenvalue weighted by Gasteiger charge is 2.11. The molecular weight excluding hydrogens is 389 g/mol. The SMILES string of the molecule is O=C(Cn1ncc(Cl)c(Cl)c1=O)Nc1ccc(OCc2ccccc2)cc1. The molecule has 0 aliphatic heterocycles. The molecule has 1 heterocycles. The number of carbonyl (C=O) groups is 1. The maximum Gasteiger partial charge on any atom is 0.287 e. The maximum atomic E-state index is 12.1. The van der Waals surface area contributed by atoms with Gasteiger partial charge in [-0.2, -0.15) is 5.10 Å². The first-order valence-corrected chi connectivity index (χ1v) is 8.76. The standard InChI is InChI=1S/C19H15Cl2N3O3/c20-16-10-22-24(19(26)18(16)21)11-17(25)23-14-6-8-15(9-7-14)27-12-13-4-2-1-3-5-13/h1-10H,11-12H2,(H,23,25). The molecule has 0 atom stereocenters. The quantitative estimate of drug-likeness (QED) is 0.679. The van der Waals surface area contributed by atoms with E-state index in [9.17, 15) is 9.59 Å². The van der Waals surface area contributed by atoms with E-state index in [2.05, 4.69) is 10.4 Å². The highest BCUT2D eigenvalue weighted by Crippen LogP contribution is 2.17. The van der Waals surface area contributed by atoms with Crippen LogP contribution in [0.25, 0.3) is 0 Å². The number of anilines is 1. The van der Waals surface area contributed by atoms with Crippen molar-refractivity contribution in [3.05, 3.63) is 86.8 Å². The number of hydrogen-bond acceptors (Lipinski definition) is 4. The fourth-order valence-corrected chi connectivity index (χ4v) is 2.54. The van der Waals surface area contributed by atoms with Crippen molar-refractivity contribution < 1.29 is 9.53 Å². The number of nitrogens with one attached hydrogen (secondary N) is 1. The number of aromatic nitrogens is 2. The number of hydrogen-bond donors (Lipinski definition) is 1. The monoisotopic (exact) mass is 403 g/mol. The van der Waals surface area contributed by atoms with E-state index in [4.69, 9.17) is 27.9 Å². The van der Waals surface area contributed by atoms with Gasteiger partial charge in [0, 0.05) is 5.69 Å². The lowest BCUT2D eigenvalue weighted by molar-refractivity contribution is -0.117. The number of benzene rings is 2. The molecule has 0 aliphatic rings. The molecule has 0 fully saturated rings. The summed E-state index contributed by atoms with van der Waals surface area (Å²) in [5.74, 6) is 0.264. The molecule has 0 aliphatic carbocycles. The molecule has 138 valence electrons.